The van der Waals surface area contributed by atoms with Crippen LogP contribution in [-0.2, 0) is 16.1 Å². The summed E-state index contributed by atoms with van der Waals surface area (Å²) in [6.07, 6.45) is 1.78. The van der Waals surface area contributed by atoms with E-state index < -0.39 is 23.7 Å². The van der Waals surface area contributed by atoms with Crippen LogP contribution in [0.3, 0.4) is 0 Å². The highest BCUT2D eigenvalue weighted by Crippen LogP contribution is 2.47. The van der Waals surface area contributed by atoms with E-state index in [1.165, 1.54) is 24.5 Å². The molecule has 0 fully saturated rings. The number of rotatable bonds is 5. The van der Waals surface area contributed by atoms with Crippen molar-refractivity contribution in [3.05, 3.63) is 115 Å². The number of carbonyl (C=O) groups is 1. The summed E-state index contributed by atoms with van der Waals surface area (Å²) < 4.78 is 32.9. The second-order valence-corrected chi connectivity index (χ2v) is 10.3. The molecule has 2 bridgehead atoms. The van der Waals surface area contributed by atoms with Crippen LogP contribution >= 0.6 is 11.3 Å². The maximum absolute atomic E-state index is 13.9. The SMILES string of the molecule is COC(=O)C1C2c3ccccc3OC1(C)N=c1s/c(=C/c3ccc(OCc4ccccc4F)cc3)c(=O)n12. The third kappa shape index (κ3) is 3.99. The molecule has 3 unspecified atom stereocenters. The lowest BCUT2D eigenvalue weighted by Gasteiger charge is -2.44. The summed E-state index contributed by atoms with van der Waals surface area (Å²) in [6, 6.07) is 20.4. The first-order chi connectivity index (χ1) is 18.4. The standard InChI is InChI=1S/C29H23FN2O5S/c1-29-24(27(34)35-2)25(20-8-4-6-10-22(20)37-29)32-26(33)23(38-28(32)31-29)15-17-11-13-19(14-12-17)36-16-18-7-3-5-9-21(18)30/h3-15,24-25H,16H2,1-2H3/b23-15+. The Bertz CT molecular complexity index is 1730. The molecule has 7 nitrogen and oxygen atoms in total. The monoisotopic (exact) mass is 530 g/mol. The van der Waals surface area contributed by atoms with Crippen molar-refractivity contribution in [1.29, 1.82) is 0 Å². The quantitative estimate of drug-likeness (QED) is 0.369. The molecular weight excluding hydrogens is 507 g/mol. The maximum atomic E-state index is 13.9. The van der Waals surface area contributed by atoms with Gasteiger partial charge in [0.05, 0.1) is 17.7 Å². The fourth-order valence-corrected chi connectivity index (χ4v) is 6.12. The number of hydrogen-bond acceptors (Lipinski definition) is 7. The van der Waals surface area contributed by atoms with Crippen LogP contribution in [-0.4, -0.2) is 23.4 Å². The van der Waals surface area contributed by atoms with Crippen molar-refractivity contribution in [3.63, 3.8) is 0 Å². The van der Waals surface area contributed by atoms with Gasteiger partial charge in [-0.15, -0.1) is 0 Å². The number of aromatic nitrogens is 1. The predicted octanol–water partition coefficient (Wildman–Crippen LogP) is 3.58. The molecule has 0 aliphatic carbocycles. The summed E-state index contributed by atoms with van der Waals surface area (Å²) in [4.78, 5) is 31.8. The summed E-state index contributed by atoms with van der Waals surface area (Å²) in [7, 11) is 1.32. The Balaban J connectivity index is 1.37. The highest BCUT2D eigenvalue weighted by molar-refractivity contribution is 7.07. The van der Waals surface area contributed by atoms with Crippen LogP contribution in [0, 0.1) is 11.7 Å². The average molecular weight is 531 g/mol. The van der Waals surface area contributed by atoms with Crippen LogP contribution < -0.4 is 24.4 Å². The summed E-state index contributed by atoms with van der Waals surface area (Å²) in [5, 5.41) is 0. The van der Waals surface area contributed by atoms with Crippen LogP contribution in [0.2, 0.25) is 0 Å². The van der Waals surface area contributed by atoms with Crippen molar-refractivity contribution in [2.45, 2.75) is 25.3 Å². The molecule has 0 saturated carbocycles. The van der Waals surface area contributed by atoms with E-state index >= 15 is 0 Å². The number of para-hydroxylation sites is 1. The molecule has 3 aromatic carbocycles. The minimum atomic E-state index is -1.21. The van der Waals surface area contributed by atoms with Gasteiger partial charge in [0.2, 0.25) is 5.72 Å². The lowest BCUT2D eigenvalue weighted by atomic mass is 9.81. The molecule has 0 saturated heterocycles. The normalized spacial score (nSPS) is 21.5. The number of hydrogen-bond donors (Lipinski definition) is 0. The second kappa shape index (κ2) is 9.25. The fourth-order valence-electron chi connectivity index (χ4n) is 5.02. The minimum absolute atomic E-state index is 0.112. The number of carbonyl (C=O) groups excluding carboxylic acids is 1. The van der Waals surface area contributed by atoms with Gasteiger partial charge >= 0.3 is 5.97 Å². The molecule has 3 atom stereocenters. The number of ether oxygens (including phenoxy) is 3. The Kier molecular flexibility index (Phi) is 5.87. The highest BCUT2D eigenvalue weighted by atomic mass is 32.1. The Hall–Kier alpha value is -4.24. The average Bonchev–Trinajstić information content (AvgIpc) is 3.21. The zero-order chi connectivity index (χ0) is 26.4. The van der Waals surface area contributed by atoms with Crippen molar-refractivity contribution in [2.24, 2.45) is 10.9 Å². The van der Waals surface area contributed by atoms with Crippen molar-refractivity contribution in [2.75, 3.05) is 7.11 Å². The minimum Gasteiger partial charge on any atom is -0.489 e. The summed E-state index contributed by atoms with van der Waals surface area (Å²) >= 11 is 1.24. The van der Waals surface area contributed by atoms with Gasteiger partial charge in [0.15, 0.2) is 4.80 Å². The van der Waals surface area contributed by atoms with Crippen LogP contribution in [0.25, 0.3) is 6.08 Å². The Labute approximate surface area is 221 Å². The number of nitrogens with zero attached hydrogens (tertiary/aromatic N) is 2. The number of benzene rings is 3. The molecule has 38 heavy (non-hydrogen) atoms. The van der Waals surface area contributed by atoms with Crippen LogP contribution in [0.5, 0.6) is 11.5 Å². The van der Waals surface area contributed by atoms with Gasteiger partial charge in [-0.1, -0.05) is 59.9 Å². The zero-order valence-corrected chi connectivity index (χ0v) is 21.4. The van der Waals surface area contributed by atoms with Gasteiger partial charge in [-0.05, 0) is 42.8 Å². The van der Waals surface area contributed by atoms with E-state index in [2.05, 4.69) is 0 Å². The van der Waals surface area contributed by atoms with Gasteiger partial charge < -0.3 is 14.2 Å². The summed E-state index contributed by atoms with van der Waals surface area (Å²) in [5.41, 5.74) is 0.539. The molecule has 6 rings (SSSR count). The number of methoxy groups -OCH3 is 1. The highest BCUT2D eigenvalue weighted by Gasteiger charge is 2.55. The third-order valence-electron chi connectivity index (χ3n) is 6.86. The topological polar surface area (TPSA) is 79.1 Å². The lowest BCUT2D eigenvalue weighted by Crippen LogP contribution is -2.58. The Morgan fingerprint density at radius 2 is 1.87 bits per heavy atom. The first-order valence-electron chi connectivity index (χ1n) is 12.0. The fraction of sp³-hybridized carbons (Fsp3) is 0.207. The van der Waals surface area contributed by atoms with Gasteiger partial charge in [-0.25, -0.2) is 9.38 Å². The summed E-state index contributed by atoms with van der Waals surface area (Å²) in [5.74, 6) is -0.453. The molecule has 0 amide bonds. The molecule has 2 aliphatic heterocycles. The molecule has 1 aromatic heterocycles. The lowest BCUT2D eigenvalue weighted by molar-refractivity contribution is -0.158. The van der Waals surface area contributed by atoms with Crippen LogP contribution in [0.4, 0.5) is 4.39 Å². The van der Waals surface area contributed by atoms with Crippen LogP contribution in [0.1, 0.15) is 29.7 Å². The number of thiazole rings is 1. The van der Waals surface area contributed by atoms with E-state index in [-0.39, 0.29) is 18.0 Å². The van der Waals surface area contributed by atoms with E-state index in [4.69, 9.17) is 19.2 Å². The van der Waals surface area contributed by atoms with E-state index in [9.17, 15) is 14.0 Å². The maximum Gasteiger partial charge on any atom is 0.317 e. The van der Waals surface area contributed by atoms with Gasteiger partial charge in [0.1, 0.15) is 29.8 Å². The number of esters is 1. The molecule has 2 aliphatic rings. The predicted molar refractivity (Wildman–Crippen MR) is 139 cm³/mol. The Morgan fingerprint density at radius 3 is 2.63 bits per heavy atom. The zero-order valence-electron chi connectivity index (χ0n) is 20.6. The molecular formula is C29H23FN2O5S. The first-order valence-corrected chi connectivity index (χ1v) is 12.8. The number of halogens is 1. The molecule has 3 heterocycles. The largest absolute Gasteiger partial charge is 0.489 e. The van der Waals surface area contributed by atoms with E-state index in [1.54, 1.807) is 47.9 Å². The van der Waals surface area contributed by atoms with Gasteiger partial charge in [0, 0.05) is 11.1 Å². The van der Waals surface area contributed by atoms with E-state index in [0.717, 1.165) is 11.1 Å². The molecule has 0 N–H and O–H groups in total. The van der Waals surface area contributed by atoms with Crippen molar-refractivity contribution >= 4 is 23.4 Å². The molecule has 9 heteroatoms. The molecule has 0 radical (unpaired) electrons. The van der Waals surface area contributed by atoms with Gasteiger partial charge in [-0.2, -0.15) is 0 Å². The molecule has 0 spiro atoms. The Morgan fingerprint density at radius 1 is 1.13 bits per heavy atom. The summed E-state index contributed by atoms with van der Waals surface area (Å²) in [6.45, 7) is 1.86. The van der Waals surface area contributed by atoms with Crippen LogP contribution in [0.15, 0.2) is 82.6 Å². The third-order valence-corrected chi connectivity index (χ3v) is 7.85. The van der Waals surface area contributed by atoms with E-state index in [1.807, 2.05) is 36.4 Å². The van der Waals surface area contributed by atoms with E-state index in [0.29, 0.717) is 26.4 Å². The van der Waals surface area contributed by atoms with Crippen molar-refractivity contribution < 1.29 is 23.4 Å². The van der Waals surface area contributed by atoms with Gasteiger partial charge in [-0.3, -0.25) is 14.2 Å². The molecule has 4 aromatic rings. The van der Waals surface area contributed by atoms with Crippen molar-refractivity contribution in [3.8, 4) is 11.5 Å². The first kappa shape index (κ1) is 24.1. The number of fused-ring (bicyclic) bond motifs is 6. The second-order valence-electron chi connectivity index (χ2n) is 9.27. The smallest absolute Gasteiger partial charge is 0.317 e. The van der Waals surface area contributed by atoms with Gasteiger partial charge in [0.25, 0.3) is 5.56 Å². The molecule has 192 valence electrons. The van der Waals surface area contributed by atoms with Crippen molar-refractivity contribution in [1.82, 2.24) is 4.57 Å².